The number of hydrogen-bond acceptors (Lipinski definition) is 7. The van der Waals surface area contributed by atoms with Gasteiger partial charge in [-0.05, 0) is 37.6 Å². The number of terminal acetylenes is 1. The van der Waals surface area contributed by atoms with E-state index in [-0.39, 0.29) is 12.4 Å². The first kappa shape index (κ1) is 26.4. The molecule has 0 aromatic heterocycles. The zero-order chi connectivity index (χ0) is 26.3. The Labute approximate surface area is 209 Å². The summed E-state index contributed by atoms with van der Waals surface area (Å²) in [7, 11) is -4.62. The zero-order valence-corrected chi connectivity index (χ0v) is 20.4. The number of nitro groups is 1. The van der Waals surface area contributed by atoms with E-state index in [9.17, 15) is 23.3 Å². The van der Waals surface area contributed by atoms with Crippen molar-refractivity contribution < 1.29 is 27.6 Å². The number of benzene rings is 3. The van der Waals surface area contributed by atoms with Crippen molar-refractivity contribution in [3.63, 3.8) is 0 Å². The summed E-state index contributed by atoms with van der Waals surface area (Å²) in [5.74, 6) is 1.61. The largest absolute Gasteiger partial charge is 0.473 e. The molecule has 0 radical (unpaired) electrons. The molecule has 0 saturated carbocycles. The summed E-state index contributed by atoms with van der Waals surface area (Å²) < 4.78 is 40.0. The average molecular weight is 509 g/mol. The standard InChI is InChI=1S/C26H24N2O7S/c1-4-26(3,35-21-16-14-19(2)15-17-21)24(25(29)34-18-20-10-6-5-7-11-20)27-36(32,33)23-13-9-8-12-22(23)28(30)31/h1,5-17,24,27H,18H2,2-3H3/t24-,26-/m1/s1. The summed E-state index contributed by atoms with van der Waals surface area (Å²) in [6, 6.07) is 18.5. The van der Waals surface area contributed by atoms with E-state index in [2.05, 4.69) is 10.6 Å². The summed E-state index contributed by atoms with van der Waals surface area (Å²) in [5, 5.41) is 11.4. The van der Waals surface area contributed by atoms with Gasteiger partial charge in [-0.2, -0.15) is 4.72 Å². The van der Waals surface area contributed by atoms with Gasteiger partial charge in [0, 0.05) is 6.07 Å². The molecule has 1 N–H and O–H groups in total. The second-order valence-corrected chi connectivity index (χ2v) is 9.72. The predicted molar refractivity (Wildman–Crippen MR) is 132 cm³/mol. The number of hydrogen-bond donors (Lipinski definition) is 1. The van der Waals surface area contributed by atoms with Crippen molar-refractivity contribution >= 4 is 21.7 Å². The van der Waals surface area contributed by atoms with Crippen LogP contribution in [0, 0.1) is 29.4 Å². The van der Waals surface area contributed by atoms with Crippen LogP contribution >= 0.6 is 0 Å². The molecule has 0 aliphatic rings. The van der Waals surface area contributed by atoms with Crippen LogP contribution in [0.3, 0.4) is 0 Å². The number of sulfonamides is 1. The van der Waals surface area contributed by atoms with E-state index < -0.39 is 43.1 Å². The van der Waals surface area contributed by atoms with Crippen LogP contribution in [0.25, 0.3) is 0 Å². The summed E-state index contributed by atoms with van der Waals surface area (Å²) in [6.45, 7) is 3.06. The van der Waals surface area contributed by atoms with E-state index in [1.54, 1.807) is 54.6 Å². The SMILES string of the molecule is C#C[C@@](C)(Oc1ccc(C)cc1)[C@H](NS(=O)(=O)c1ccccc1[N+](=O)[O-])C(=O)OCc1ccccc1. The van der Waals surface area contributed by atoms with Crippen LogP contribution in [-0.2, 0) is 26.2 Å². The van der Waals surface area contributed by atoms with E-state index in [1.165, 1.54) is 19.1 Å². The highest BCUT2D eigenvalue weighted by molar-refractivity contribution is 7.89. The number of esters is 1. The number of ether oxygens (including phenoxy) is 2. The van der Waals surface area contributed by atoms with Crippen molar-refractivity contribution in [2.75, 3.05) is 0 Å². The van der Waals surface area contributed by atoms with Gasteiger partial charge in [0.2, 0.25) is 10.0 Å². The molecule has 0 aliphatic heterocycles. The van der Waals surface area contributed by atoms with Gasteiger partial charge < -0.3 is 9.47 Å². The first-order valence-electron chi connectivity index (χ1n) is 10.8. The number of para-hydroxylation sites is 1. The van der Waals surface area contributed by atoms with Crippen LogP contribution in [-0.4, -0.2) is 31.0 Å². The minimum absolute atomic E-state index is 0.158. The molecular formula is C26H24N2O7S. The minimum atomic E-state index is -4.62. The van der Waals surface area contributed by atoms with E-state index >= 15 is 0 Å². The lowest BCUT2D eigenvalue weighted by Crippen LogP contribution is -2.58. The number of aryl methyl sites for hydroxylation is 1. The lowest BCUT2D eigenvalue weighted by molar-refractivity contribution is -0.387. The molecule has 3 aromatic carbocycles. The summed E-state index contributed by atoms with van der Waals surface area (Å²) >= 11 is 0. The Hall–Kier alpha value is -4.20. The van der Waals surface area contributed by atoms with Crippen LogP contribution < -0.4 is 9.46 Å². The van der Waals surface area contributed by atoms with E-state index in [1.807, 2.05) is 6.92 Å². The fraction of sp³-hybridized carbons (Fsp3) is 0.192. The van der Waals surface area contributed by atoms with Gasteiger partial charge in [-0.1, -0.05) is 66.1 Å². The fourth-order valence-corrected chi connectivity index (χ4v) is 4.71. The topological polar surface area (TPSA) is 125 Å². The van der Waals surface area contributed by atoms with Crippen LogP contribution in [0.4, 0.5) is 5.69 Å². The molecule has 186 valence electrons. The number of rotatable bonds is 10. The third-order valence-electron chi connectivity index (χ3n) is 5.27. The lowest BCUT2D eigenvalue weighted by atomic mass is 9.97. The first-order chi connectivity index (χ1) is 17.1. The molecule has 2 atom stereocenters. The number of nitrogens with zero attached hydrogens (tertiary/aromatic N) is 1. The van der Waals surface area contributed by atoms with E-state index in [0.717, 1.165) is 17.7 Å². The van der Waals surface area contributed by atoms with Gasteiger partial charge in [-0.3, -0.25) is 14.9 Å². The Morgan fingerprint density at radius 2 is 1.69 bits per heavy atom. The van der Waals surface area contributed by atoms with Crippen LogP contribution in [0.5, 0.6) is 5.75 Å². The molecule has 3 aromatic rings. The summed E-state index contributed by atoms with van der Waals surface area (Å²) in [6.07, 6.45) is 5.74. The third kappa shape index (κ3) is 6.27. The highest BCUT2D eigenvalue weighted by atomic mass is 32.2. The molecule has 0 unspecified atom stereocenters. The number of carbonyl (C=O) groups is 1. The Bertz CT molecular complexity index is 1380. The van der Waals surface area contributed by atoms with Gasteiger partial charge in [-0.15, -0.1) is 6.42 Å². The Kier molecular flexibility index (Phi) is 8.09. The second kappa shape index (κ2) is 11.0. The minimum Gasteiger partial charge on any atom is -0.473 e. The molecule has 0 amide bonds. The number of nitrogens with one attached hydrogen (secondary N) is 1. The van der Waals surface area contributed by atoms with Gasteiger partial charge in [-0.25, -0.2) is 8.42 Å². The maximum atomic E-state index is 13.3. The van der Waals surface area contributed by atoms with Gasteiger partial charge in [0.15, 0.2) is 16.5 Å². The van der Waals surface area contributed by atoms with Crippen LogP contribution in [0.2, 0.25) is 0 Å². The maximum Gasteiger partial charge on any atom is 0.329 e. The lowest BCUT2D eigenvalue weighted by Gasteiger charge is -2.32. The zero-order valence-electron chi connectivity index (χ0n) is 19.6. The van der Waals surface area contributed by atoms with Gasteiger partial charge in [0.05, 0.1) is 4.92 Å². The van der Waals surface area contributed by atoms with Crippen molar-refractivity contribution in [2.24, 2.45) is 0 Å². The van der Waals surface area contributed by atoms with Crippen molar-refractivity contribution in [3.8, 4) is 18.1 Å². The quantitative estimate of drug-likeness (QED) is 0.191. The normalized spacial score (nSPS) is 13.6. The molecule has 3 rings (SSSR count). The molecule has 10 heteroatoms. The molecule has 0 spiro atoms. The predicted octanol–water partition coefficient (Wildman–Crippen LogP) is 3.76. The highest BCUT2D eigenvalue weighted by Crippen LogP contribution is 2.27. The molecule has 36 heavy (non-hydrogen) atoms. The first-order valence-corrected chi connectivity index (χ1v) is 12.2. The maximum absolute atomic E-state index is 13.3. The van der Waals surface area contributed by atoms with Gasteiger partial charge in [0.25, 0.3) is 5.69 Å². The Morgan fingerprint density at radius 1 is 1.08 bits per heavy atom. The van der Waals surface area contributed by atoms with E-state index in [4.69, 9.17) is 15.9 Å². The Balaban J connectivity index is 2.00. The van der Waals surface area contributed by atoms with Crippen molar-refractivity contribution in [2.45, 2.75) is 37.0 Å². The molecule has 0 bridgehead atoms. The number of nitro benzene ring substituents is 1. The summed E-state index contributed by atoms with van der Waals surface area (Å²) in [4.78, 5) is 23.2. The van der Waals surface area contributed by atoms with Crippen molar-refractivity contribution in [3.05, 3.63) is 100 Å². The summed E-state index contributed by atoms with van der Waals surface area (Å²) in [5.41, 5.74) is -0.920. The average Bonchev–Trinajstić information content (AvgIpc) is 2.87. The second-order valence-electron chi connectivity index (χ2n) is 8.04. The van der Waals surface area contributed by atoms with Crippen molar-refractivity contribution in [1.82, 2.24) is 4.72 Å². The number of carbonyl (C=O) groups excluding carboxylic acids is 1. The molecular weight excluding hydrogens is 484 g/mol. The molecule has 0 fully saturated rings. The molecule has 9 nitrogen and oxygen atoms in total. The van der Waals surface area contributed by atoms with E-state index in [0.29, 0.717) is 5.56 Å². The fourth-order valence-electron chi connectivity index (χ4n) is 3.27. The smallest absolute Gasteiger partial charge is 0.329 e. The molecule has 0 heterocycles. The third-order valence-corrected chi connectivity index (χ3v) is 6.74. The van der Waals surface area contributed by atoms with Gasteiger partial charge in [0.1, 0.15) is 12.4 Å². The molecule has 0 aliphatic carbocycles. The van der Waals surface area contributed by atoms with Crippen LogP contribution in [0.1, 0.15) is 18.1 Å². The monoisotopic (exact) mass is 508 g/mol. The Morgan fingerprint density at radius 3 is 2.31 bits per heavy atom. The highest BCUT2D eigenvalue weighted by Gasteiger charge is 2.45. The van der Waals surface area contributed by atoms with Crippen LogP contribution in [0.15, 0.2) is 83.8 Å². The van der Waals surface area contributed by atoms with Crippen molar-refractivity contribution in [1.29, 1.82) is 0 Å². The molecule has 0 saturated heterocycles. The van der Waals surface area contributed by atoms with Gasteiger partial charge >= 0.3 is 5.97 Å².